The Balaban J connectivity index is 1.68. The van der Waals surface area contributed by atoms with Crippen LogP contribution in [0.1, 0.15) is 50.1 Å². The molecule has 0 radical (unpaired) electrons. The van der Waals surface area contributed by atoms with Gasteiger partial charge in [0, 0.05) is 26.7 Å². The van der Waals surface area contributed by atoms with Crippen LogP contribution >= 0.6 is 27.5 Å². The van der Waals surface area contributed by atoms with Crippen molar-refractivity contribution >= 4 is 56.2 Å². The molecule has 4 aromatic rings. The summed E-state index contributed by atoms with van der Waals surface area (Å²) in [5.74, 6) is 1.15. The van der Waals surface area contributed by atoms with Crippen molar-refractivity contribution < 1.29 is 14.3 Å². The third-order valence-corrected chi connectivity index (χ3v) is 7.25. The molecule has 1 amide bonds. The van der Waals surface area contributed by atoms with Crippen molar-refractivity contribution in [3.8, 4) is 11.5 Å². The Hall–Kier alpha value is -3.95. The molecule has 0 saturated carbocycles. The molecule has 4 rings (SSSR count). The summed E-state index contributed by atoms with van der Waals surface area (Å²) >= 11 is 9.37. The molecular formula is C32H32BrClN4O4. The van der Waals surface area contributed by atoms with E-state index < -0.39 is 0 Å². The number of allylic oxidation sites excluding steroid dienone is 1. The Labute approximate surface area is 258 Å². The summed E-state index contributed by atoms with van der Waals surface area (Å²) in [6.07, 6.45) is 4.59. The average molecular weight is 652 g/mol. The number of aromatic nitrogens is 2. The fourth-order valence-corrected chi connectivity index (χ4v) is 4.75. The normalized spacial score (nSPS) is 11.9. The van der Waals surface area contributed by atoms with Crippen molar-refractivity contribution in [2.75, 3.05) is 18.5 Å². The monoisotopic (exact) mass is 650 g/mol. The minimum atomic E-state index is -0.331. The fourth-order valence-electron chi connectivity index (χ4n) is 4.26. The van der Waals surface area contributed by atoms with Crippen LogP contribution in [0.5, 0.6) is 11.5 Å². The summed E-state index contributed by atoms with van der Waals surface area (Å²) in [6.45, 7) is 9.93. The van der Waals surface area contributed by atoms with E-state index in [1.807, 2.05) is 39.0 Å². The molecule has 0 unspecified atom stereocenters. The first kappa shape index (κ1) is 31.0. The number of amides is 1. The molecule has 0 bridgehead atoms. The molecule has 1 atom stereocenters. The van der Waals surface area contributed by atoms with Crippen LogP contribution in [0.15, 0.2) is 81.6 Å². The highest BCUT2D eigenvalue weighted by molar-refractivity contribution is 9.10. The van der Waals surface area contributed by atoms with Crippen molar-refractivity contribution in [3.63, 3.8) is 0 Å². The summed E-state index contributed by atoms with van der Waals surface area (Å²) < 4.78 is 14.0. The predicted molar refractivity (Wildman–Crippen MR) is 172 cm³/mol. The van der Waals surface area contributed by atoms with E-state index in [9.17, 15) is 9.59 Å². The van der Waals surface area contributed by atoms with Crippen molar-refractivity contribution in [2.45, 2.75) is 39.5 Å². The molecule has 0 spiro atoms. The number of carbonyl (C=O) groups excluding carboxylic acids is 1. The maximum atomic E-state index is 13.5. The van der Waals surface area contributed by atoms with Gasteiger partial charge in [0.2, 0.25) is 0 Å². The molecule has 1 N–H and O–H groups in total. The Morgan fingerprint density at radius 3 is 2.62 bits per heavy atom. The molecule has 0 aliphatic heterocycles. The molecule has 0 aliphatic carbocycles. The molecule has 10 heteroatoms. The summed E-state index contributed by atoms with van der Waals surface area (Å²) in [5, 5.41) is 8.42. The minimum Gasteiger partial charge on any atom is -0.490 e. The van der Waals surface area contributed by atoms with Crippen LogP contribution in [0.2, 0.25) is 5.02 Å². The number of nitrogens with one attached hydrogen (secondary N) is 1. The second-order valence-electron chi connectivity index (χ2n) is 9.58. The number of hydrogen-bond acceptors (Lipinski definition) is 6. The lowest BCUT2D eigenvalue weighted by molar-refractivity contribution is -0.118. The summed E-state index contributed by atoms with van der Waals surface area (Å²) in [6, 6.07) is 15.9. The Kier molecular flexibility index (Phi) is 10.5. The van der Waals surface area contributed by atoms with Crippen LogP contribution in [0, 0.1) is 0 Å². The lowest BCUT2D eigenvalue weighted by atomic mass is 10.1. The zero-order valence-electron chi connectivity index (χ0n) is 23.7. The van der Waals surface area contributed by atoms with Crippen LogP contribution in [0.4, 0.5) is 5.69 Å². The average Bonchev–Trinajstić information content (AvgIpc) is 2.97. The highest BCUT2D eigenvalue weighted by Crippen LogP contribution is 2.34. The molecule has 42 heavy (non-hydrogen) atoms. The van der Waals surface area contributed by atoms with Gasteiger partial charge in [-0.15, -0.1) is 6.58 Å². The van der Waals surface area contributed by atoms with Gasteiger partial charge in [-0.05, 0) is 79.9 Å². The van der Waals surface area contributed by atoms with Crippen LogP contribution < -0.4 is 20.3 Å². The van der Waals surface area contributed by atoms with Gasteiger partial charge in [-0.3, -0.25) is 9.59 Å². The standard InChI is InChI=1S/C32H32BrClN4O4/c1-5-8-22-15-21(16-28(41-7-3)30(22)42-19-29(39)36-25-12-10-24(34)11-13-25)18-35-38-31(20(4)6-2)37-27-14-9-23(33)17-26(27)32(38)40/h5,9-18,20H,1,6-8,19H2,2-4H3,(H,36,39)/t20-/m0/s1. The smallest absolute Gasteiger partial charge is 0.282 e. The maximum absolute atomic E-state index is 13.5. The lowest BCUT2D eigenvalue weighted by Crippen LogP contribution is -2.23. The van der Waals surface area contributed by atoms with Crippen molar-refractivity contribution in [1.82, 2.24) is 9.66 Å². The zero-order valence-corrected chi connectivity index (χ0v) is 26.0. The Bertz CT molecular complexity index is 1690. The number of benzene rings is 3. The predicted octanol–water partition coefficient (Wildman–Crippen LogP) is 7.35. The first-order chi connectivity index (χ1) is 20.2. The SMILES string of the molecule is C=CCc1cc(C=Nn2c([C@@H](C)CC)nc3ccc(Br)cc3c2=O)cc(OCC)c1OCC(=O)Nc1ccc(Cl)cc1. The molecule has 0 aliphatic rings. The number of rotatable bonds is 12. The molecule has 3 aromatic carbocycles. The van der Waals surface area contributed by atoms with E-state index in [1.54, 1.807) is 48.7 Å². The number of halogens is 2. The quantitative estimate of drug-likeness (QED) is 0.128. The van der Waals surface area contributed by atoms with E-state index in [1.165, 1.54) is 4.68 Å². The van der Waals surface area contributed by atoms with Gasteiger partial charge in [0.1, 0.15) is 5.82 Å². The van der Waals surface area contributed by atoms with E-state index in [4.69, 9.17) is 26.1 Å². The second kappa shape index (κ2) is 14.3. The number of fused-ring (bicyclic) bond motifs is 1. The van der Waals surface area contributed by atoms with Gasteiger partial charge >= 0.3 is 0 Å². The number of nitrogens with zero attached hydrogens (tertiary/aromatic N) is 3. The third kappa shape index (κ3) is 7.46. The molecule has 218 valence electrons. The van der Waals surface area contributed by atoms with E-state index >= 15 is 0 Å². The largest absolute Gasteiger partial charge is 0.490 e. The molecule has 0 saturated heterocycles. The van der Waals surface area contributed by atoms with Crippen LogP contribution in [0.25, 0.3) is 10.9 Å². The van der Waals surface area contributed by atoms with Crippen LogP contribution in [-0.4, -0.2) is 35.0 Å². The van der Waals surface area contributed by atoms with Gasteiger partial charge in [-0.25, -0.2) is 4.98 Å². The van der Waals surface area contributed by atoms with Gasteiger partial charge in [0.05, 0.1) is 23.7 Å². The number of hydrogen-bond donors (Lipinski definition) is 1. The highest BCUT2D eigenvalue weighted by Gasteiger charge is 2.17. The van der Waals surface area contributed by atoms with Gasteiger partial charge in [0.15, 0.2) is 18.1 Å². The van der Waals surface area contributed by atoms with Crippen LogP contribution in [0.3, 0.4) is 0 Å². The zero-order chi connectivity index (χ0) is 30.2. The number of carbonyl (C=O) groups is 1. The molecular weight excluding hydrogens is 620 g/mol. The van der Waals surface area contributed by atoms with Crippen molar-refractivity contribution in [2.24, 2.45) is 5.10 Å². The van der Waals surface area contributed by atoms with Gasteiger partial charge in [-0.1, -0.05) is 47.5 Å². The van der Waals surface area contributed by atoms with Crippen molar-refractivity contribution in [3.05, 3.63) is 104 Å². The van der Waals surface area contributed by atoms with Crippen LogP contribution in [-0.2, 0) is 11.2 Å². The van der Waals surface area contributed by atoms with Crippen molar-refractivity contribution in [1.29, 1.82) is 0 Å². The molecule has 1 aromatic heterocycles. The Morgan fingerprint density at radius 2 is 1.93 bits per heavy atom. The van der Waals surface area contributed by atoms with E-state index in [2.05, 4.69) is 32.9 Å². The summed E-state index contributed by atoms with van der Waals surface area (Å²) in [7, 11) is 0. The number of anilines is 1. The fraction of sp³-hybridized carbons (Fsp3) is 0.250. The lowest BCUT2D eigenvalue weighted by Gasteiger charge is -2.17. The molecule has 0 fully saturated rings. The first-order valence-corrected chi connectivity index (χ1v) is 14.8. The summed E-state index contributed by atoms with van der Waals surface area (Å²) in [5.41, 5.74) is 2.42. The van der Waals surface area contributed by atoms with E-state index in [0.29, 0.717) is 57.5 Å². The first-order valence-electron chi connectivity index (χ1n) is 13.6. The maximum Gasteiger partial charge on any atom is 0.282 e. The van der Waals surface area contributed by atoms with Gasteiger partial charge in [0.25, 0.3) is 11.5 Å². The second-order valence-corrected chi connectivity index (χ2v) is 10.9. The highest BCUT2D eigenvalue weighted by atomic mass is 79.9. The molecule has 8 nitrogen and oxygen atoms in total. The Morgan fingerprint density at radius 1 is 1.17 bits per heavy atom. The number of ether oxygens (including phenoxy) is 2. The minimum absolute atomic E-state index is 0.00741. The topological polar surface area (TPSA) is 94.8 Å². The summed E-state index contributed by atoms with van der Waals surface area (Å²) in [4.78, 5) is 30.9. The third-order valence-electron chi connectivity index (χ3n) is 6.50. The van der Waals surface area contributed by atoms with Gasteiger partial charge < -0.3 is 14.8 Å². The molecule has 1 heterocycles. The van der Waals surface area contributed by atoms with E-state index in [0.717, 1.165) is 16.5 Å². The van der Waals surface area contributed by atoms with E-state index in [-0.39, 0.29) is 24.0 Å². The van der Waals surface area contributed by atoms with Gasteiger partial charge in [-0.2, -0.15) is 9.78 Å².